The highest BCUT2D eigenvalue weighted by atomic mass is 35.5. The minimum absolute atomic E-state index is 0.0961. The van der Waals surface area contributed by atoms with Crippen LogP contribution in [0.25, 0.3) is 0 Å². The molecule has 1 aromatic carbocycles. The first-order valence-electron chi connectivity index (χ1n) is 3.40. The lowest BCUT2D eigenvalue weighted by Crippen LogP contribution is -2.17. The Kier molecular flexibility index (Phi) is 3.12. The molecule has 1 aromatic rings. The number of carbonyl (C=O) groups excluding carboxylic acids is 1. The van der Waals surface area contributed by atoms with Crippen LogP contribution < -0.4 is 5.73 Å². The molecule has 1 unspecified atom stereocenters. The van der Waals surface area contributed by atoms with Crippen LogP contribution in [0.15, 0.2) is 18.2 Å². The number of benzene rings is 1. The first-order chi connectivity index (χ1) is 6.02. The van der Waals surface area contributed by atoms with E-state index in [-0.39, 0.29) is 5.02 Å². The summed E-state index contributed by atoms with van der Waals surface area (Å²) in [4.78, 5) is 10.7. The van der Waals surface area contributed by atoms with E-state index >= 15 is 0 Å². The molecule has 5 heteroatoms. The molecule has 0 aliphatic rings. The van der Waals surface area contributed by atoms with Gasteiger partial charge in [0, 0.05) is 5.02 Å². The van der Waals surface area contributed by atoms with Crippen LogP contribution in [-0.4, -0.2) is 5.91 Å². The first-order valence-corrected chi connectivity index (χ1v) is 4.22. The van der Waals surface area contributed by atoms with Crippen molar-refractivity contribution in [3.8, 4) is 0 Å². The maximum atomic E-state index is 12.6. The van der Waals surface area contributed by atoms with Crippen molar-refractivity contribution >= 4 is 29.1 Å². The number of primary amides is 1. The van der Waals surface area contributed by atoms with Crippen LogP contribution in [0.2, 0.25) is 5.02 Å². The third-order valence-corrected chi connectivity index (χ3v) is 2.26. The Morgan fingerprint density at radius 1 is 1.54 bits per heavy atom. The van der Waals surface area contributed by atoms with Gasteiger partial charge in [0.1, 0.15) is 11.2 Å². The highest BCUT2D eigenvalue weighted by molar-refractivity contribution is 6.35. The van der Waals surface area contributed by atoms with Crippen LogP contribution in [-0.2, 0) is 4.79 Å². The Labute approximate surface area is 84.4 Å². The van der Waals surface area contributed by atoms with Gasteiger partial charge >= 0.3 is 0 Å². The summed E-state index contributed by atoms with van der Waals surface area (Å²) in [6.07, 6.45) is 0. The van der Waals surface area contributed by atoms with Gasteiger partial charge < -0.3 is 5.73 Å². The Morgan fingerprint density at radius 2 is 2.15 bits per heavy atom. The van der Waals surface area contributed by atoms with Crippen LogP contribution in [0, 0.1) is 5.82 Å². The molecule has 0 bridgehead atoms. The second-order valence-corrected chi connectivity index (χ2v) is 3.27. The molecule has 70 valence electrons. The molecule has 0 radical (unpaired) electrons. The predicted octanol–water partition coefficient (Wildman–Crippen LogP) is 2.24. The fourth-order valence-electron chi connectivity index (χ4n) is 0.860. The van der Waals surface area contributed by atoms with Crippen molar-refractivity contribution in [2.45, 2.75) is 5.38 Å². The van der Waals surface area contributed by atoms with Crippen molar-refractivity contribution in [3.05, 3.63) is 34.6 Å². The molecule has 0 aliphatic heterocycles. The van der Waals surface area contributed by atoms with E-state index in [0.29, 0.717) is 5.56 Å². The number of alkyl halides is 1. The summed E-state index contributed by atoms with van der Waals surface area (Å²) >= 11 is 11.3. The second kappa shape index (κ2) is 3.94. The first kappa shape index (κ1) is 10.3. The standard InChI is InChI=1S/C8H6Cl2FNO/c9-6-3-4(11)1-2-5(6)7(10)8(12)13/h1-3,7H,(H2,12,13). The van der Waals surface area contributed by atoms with Gasteiger partial charge in [-0.3, -0.25) is 4.79 Å². The summed E-state index contributed by atoms with van der Waals surface area (Å²) in [5.74, 6) is -1.20. The van der Waals surface area contributed by atoms with Gasteiger partial charge in [-0.25, -0.2) is 4.39 Å². The van der Waals surface area contributed by atoms with E-state index in [1.165, 1.54) is 12.1 Å². The fraction of sp³-hybridized carbons (Fsp3) is 0.125. The fourth-order valence-corrected chi connectivity index (χ4v) is 1.38. The average Bonchev–Trinajstić information content (AvgIpc) is 2.03. The number of hydrogen-bond acceptors (Lipinski definition) is 1. The summed E-state index contributed by atoms with van der Waals surface area (Å²) in [6.45, 7) is 0. The Balaban J connectivity index is 3.08. The molecule has 1 amide bonds. The van der Waals surface area contributed by atoms with E-state index in [9.17, 15) is 9.18 Å². The molecular weight excluding hydrogens is 216 g/mol. The lowest BCUT2D eigenvalue weighted by molar-refractivity contribution is -0.117. The van der Waals surface area contributed by atoms with E-state index in [1.807, 2.05) is 0 Å². The molecule has 0 heterocycles. The summed E-state index contributed by atoms with van der Waals surface area (Å²) in [5.41, 5.74) is 5.27. The minimum atomic E-state index is -1.02. The quantitative estimate of drug-likeness (QED) is 0.766. The van der Waals surface area contributed by atoms with Gasteiger partial charge in [-0.05, 0) is 17.7 Å². The molecular formula is C8H6Cl2FNO. The largest absolute Gasteiger partial charge is 0.368 e. The van der Waals surface area contributed by atoms with Gasteiger partial charge in [0.25, 0.3) is 0 Å². The summed E-state index contributed by atoms with van der Waals surface area (Å²) in [6, 6.07) is 3.58. The van der Waals surface area contributed by atoms with Crippen molar-refractivity contribution in [1.29, 1.82) is 0 Å². The average molecular weight is 222 g/mol. The number of hydrogen-bond donors (Lipinski definition) is 1. The van der Waals surface area contributed by atoms with E-state index in [4.69, 9.17) is 28.9 Å². The van der Waals surface area contributed by atoms with Crippen molar-refractivity contribution in [1.82, 2.24) is 0 Å². The predicted molar refractivity (Wildman–Crippen MR) is 49.2 cm³/mol. The van der Waals surface area contributed by atoms with Crippen LogP contribution in [0.4, 0.5) is 4.39 Å². The third-order valence-electron chi connectivity index (χ3n) is 1.49. The summed E-state index contributed by atoms with van der Waals surface area (Å²) < 4.78 is 12.6. The number of halogens is 3. The second-order valence-electron chi connectivity index (χ2n) is 2.43. The minimum Gasteiger partial charge on any atom is -0.368 e. The third kappa shape index (κ3) is 2.32. The molecule has 0 saturated carbocycles. The molecule has 0 aromatic heterocycles. The van der Waals surface area contributed by atoms with Crippen LogP contribution in [0.5, 0.6) is 0 Å². The molecule has 0 fully saturated rings. The topological polar surface area (TPSA) is 43.1 Å². The number of carbonyl (C=O) groups is 1. The molecule has 1 rings (SSSR count). The zero-order chi connectivity index (χ0) is 10.0. The number of amides is 1. The molecule has 0 aliphatic carbocycles. The van der Waals surface area contributed by atoms with Crippen molar-refractivity contribution in [3.63, 3.8) is 0 Å². The summed E-state index contributed by atoms with van der Waals surface area (Å²) in [7, 11) is 0. The van der Waals surface area contributed by atoms with Crippen LogP contribution in [0.3, 0.4) is 0 Å². The van der Waals surface area contributed by atoms with E-state index in [2.05, 4.69) is 0 Å². The normalized spacial score (nSPS) is 12.5. The highest BCUT2D eigenvalue weighted by Crippen LogP contribution is 2.27. The van der Waals surface area contributed by atoms with E-state index in [1.54, 1.807) is 0 Å². The molecule has 13 heavy (non-hydrogen) atoms. The molecule has 0 saturated heterocycles. The Bertz CT molecular complexity index is 343. The maximum absolute atomic E-state index is 12.6. The van der Waals surface area contributed by atoms with Crippen molar-refractivity contribution in [2.75, 3.05) is 0 Å². The van der Waals surface area contributed by atoms with E-state index < -0.39 is 17.1 Å². The van der Waals surface area contributed by atoms with Gasteiger partial charge in [0.15, 0.2) is 0 Å². The SMILES string of the molecule is NC(=O)C(Cl)c1ccc(F)cc1Cl. The smallest absolute Gasteiger partial charge is 0.240 e. The van der Waals surface area contributed by atoms with Gasteiger partial charge in [0.05, 0.1) is 0 Å². The molecule has 1 atom stereocenters. The maximum Gasteiger partial charge on any atom is 0.240 e. The lowest BCUT2D eigenvalue weighted by Gasteiger charge is -2.07. The Morgan fingerprint density at radius 3 is 2.62 bits per heavy atom. The zero-order valence-corrected chi connectivity index (χ0v) is 7.94. The van der Waals surface area contributed by atoms with Gasteiger partial charge in [-0.15, -0.1) is 11.6 Å². The number of rotatable bonds is 2. The van der Waals surface area contributed by atoms with Crippen molar-refractivity contribution < 1.29 is 9.18 Å². The Hall–Kier alpha value is -0.800. The van der Waals surface area contributed by atoms with Gasteiger partial charge in [-0.1, -0.05) is 17.7 Å². The summed E-state index contributed by atoms with van der Waals surface area (Å²) in [5, 5.41) is -0.924. The highest BCUT2D eigenvalue weighted by Gasteiger charge is 2.17. The number of nitrogens with two attached hydrogens (primary N) is 1. The van der Waals surface area contributed by atoms with E-state index in [0.717, 1.165) is 6.07 Å². The van der Waals surface area contributed by atoms with Gasteiger partial charge in [-0.2, -0.15) is 0 Å². The van der Waals surface area contributed by atoms with Crippen LogP contribution >= 0.6 is 23.2 Å². The van der Waals surface area contributed by atoms with Gasteiger partial charge in [0.2, 0.25) is 5.91 Å². The van der Waals surface area contributed by atoms with Crippen LogP contribution in [0.1, 0.15) is 10.9 Å². The molecule has 0 spiro atoms. The zero-order valence-electron chi connectivity index (χ0n) is 6.43. The lowest BCUT2D eigenvalue weighted by atomic mass is 10.1. The van der Waals surface area contributed by atoms with Crippen molar-refractivity contribution in [2.24, 2.45) is 5.73 Å². The monoisotopic (exact) mass is 221 g/mol. The molecule has 2 N–H and O–H groups in total. The molecule has 2 nitrogen and oxygen atoms in total.